The molecule has 3 aromatic rings. The van der Waals surface area contributed by atoms with E-state index in [1.54, 1.807) is 23.1 Å². The van der Waals surface area contributed by atoms with Crippen LogP contribution < -0.4 is 30.7 Å². The monoisotopic (exact) mass is 1030 g/mol. The summed E-state index contributed by atoms with van der Waals surface area (Å²) in [7, 11) is 1.89. The van der Waals surface area contributed by atoms with Gasteiger partial charge in [0.25, 0.3) is 0 Å². The van der Waals surface area contributed by atoms with Crippen molar-refractivity contribution in [3.05, 3.63) is 94.1 Å². The summed E-state index contributed by atoms with van der Waals surface area (Å²) < 4.78 is 13.5. The lowest BCUT2D eigenvalue weighted by molar-refractivity contribution is -0.175. The van der Waals surface area contributed by atoms with Crippen molar-refractivity contribution in [2.24, 2.45) is 40.4 Å². The van der Waals surface area contributed by atoms with Gasteiger partial charge in [0.2, 0.25) is 11.8 Å². The first-order chi connectivity index (χ1) is 35.4. The highest BCUT2D eigenvalue weighted by molar-refractivity contribution is 6.31. The summed E-state index contributed by atoms with van der Waals surface area (Å²) in [6.45, 7) is 15.7. The lowest BCUT2D eigenvalue weighted by atomic mass is 9.49. The van der Waals surface area contributed by atoms with Crippen LogP contribution in [0, 0.1) is 51.8 Å². The number of amides is 2. The largest absolute Gasteiger partial charge is 0.489 e. The van der Waals surface area contributed by atoms with Crippen LogP contribution in [0.1, 0.15) is 147 Å². The maximum absolute atomic E-state index is 14.6. The number of aliphatic hydroxyl groups is 1. The molecule has 10 rings (SSSR count). The Morgan fingerprint density at radius 1 is 0.905 bits per heavy atom. The van der Waals surface area contributed by atoms with Gasteiger partial charge in [-0.1, -0.05) is 96.0 Å². The molecule has 13 heteroatoms. The number of piperidine rings is 1. The first-order valence-corrected chi connectivity index (χ1v) is 28.5. The molecule has 398 valence electrons. The number of likely N-dealkylation sites (N-methyl/N-ethyl adjacent to an activating group) is 1. The highest BCUT2D eigenvalue weighted by Crippen LogP contribution is 2.56. The second kappa shape index (κ2) is 21.2. The predicted molar refractivity (Wildman–Crippen MR) is 291 cm³/mol. The van der Waals surface area contributed by atoms with E-state index in [-0.39, 0.29) is 59.0 Å². The molecule has 5 N–H and O–H groups in total. The number of hydrogen-bond donors (Lipinski definition) is 5. The molecule has 4 aliphatic heterocycles. The topological polar surface area (TPSA) is 151 Å². The van der Waals surface area contributed by atoms with Gasteiger partial charge in [-0.25, -0.2) is 0 Å². The van der Waals surface area contributed by atoms with E-state index in [0.29, 0.717) is 40.6 Å². The molecule has 12 nitrogen and oxygen atoms in total. The van der Waals surface area contributed by atoms with Gasteiger partial charge in [0.15, 0.2) is 0 Å². The average Bonchev–Trinajstić information content (AvgIpc) is 4.02. The Balaban J connectivity index is 0.789. The minimum Gasteiger partial charge on any atom is -0.489 e. The number of nitrogens with zero attached hydrogens (tertiary/aromatic N) is 3. The van der Waals surface area contributed by atoms with Crippen molar-refractivity contribution < 1.29 is 24.2 Å². The number of hydrogen-bond acceptors (Lipinski definition) is 10. The van der Waals surface area contributed by atoms with E-state index in [9.17, 15) is 20.0 Å². The van der Waals surface area contributed by atoms with Crippen LogP contribution in [0.5, 0.6) is 17.2 Å². The van der Waals surface area contributed by atoms with Crippen molar-refractivity contribution in [1.82, 2.24) is 31.1 Å². The minimum absolute atomic E-state index is 0.0103. The van der Waals surface area contributed by atoms with E-state index in [1.807, 2.05) is 45.3 Å². The molecule has 6 fully saturated rings. The quantitative estimate of drug-likeness (QED) is 0.105. The minimum atomic E-state index is -1.05. The number of carbonyl (C=O) groups is 2. The third-order valence-electron chi connectivity index (χ3n) is 18.9. The van der Waals surface area contributed by atoms with E-state index >= 15 is 0 Å². The normalized spacial score (nSPS) is 29.9. The number of halogens is 1. The number of ether oxygens (including phenoxy) is 2. The molecule has 4 heterocycles. The van der Waals surface area contributed by atoms with Crippen LogP contribution in [-0.2, 0) is 21.6 Å². The van der Waals surface area contributed by atoms with Crippen molar-refractivity contribution >= 4 is 29.0 Å². The van der Waals surface area contributed by atoms with Gasteiger partial charge in [0, 0.05) is 73.3 Å². The zero-order valence-corrected chi connectivity index (χ0v) is 45.8. The van der Waals surface area contributed by atoms with Crippen LogP contribution >= 0.6 is 11.6 Å². The molecule has 0 spiro atoms. The Labute approximate surface area is 445 Å². The Kier molecular flexibility index (Phi) is 15.1. The Bertz CT molecular complexity index is 2600. The third kappa shape index (κ3) is 10.2. The van der Waals surface area contributed by atoms with Crippen LogP contribution in [0.4, 0.5) is 0 Å². The van der Waals surface area contributed by atoms with Crippen LogP contribution in [0.25, 0.3) is 5.57 Å². The molecule has 5 unspecified atom stereocenters. The second-order valence-electron chi connectivity index (χ2n) is 25.0. The van der Waals surface area contributed by atoms with Gasteiger partial charge in [-0.15, -0.1) is 0 Å². The van der Waals surface area contributed by atoms with Crippen molar-refractivity contribution in [3.63, 3.8) is 0 Å². The maximum Gasteiger partial charge on any atom is 0.247 e. The predicted octanol–water partition coefficient (Wildman–Crippen LogP) is 10.3. The van der Waals surface area contributed by atoms with Gasteiger partial charge in [-0.2, -0.15) is 5.26 Å². The highest BCUT2D eigenvalue weighted by Gasteiger charge is 2.65. The zero-order chi connectivity index (χ0) is 52.2. The SMILES string of the molecule is CN1C=C(c2cc(C(C)(C)O)ccc2Oc2cccc(CC3CCN(C4NCC(C(=O)NC5C(C)(C)C(Oc6ccc(C#N)c(Cl)c6)C5(C)C)C(C5CCCCCC5)N4)CC3)c2)C2CCNC2(C2CCCC2)C1=O. The lowest BCUT2D eigenvalue weighted by Crippen LogP contribution is -2.76. The molecule has 3 aromatic carbocycles. The third-order valence-corrected chi connectivity index (χ3v) is 19.3. The highest BCUT2D eigenvalue weighted by atomic mass is 35.5. The van der Waals surface area contributed by atoms with E-state index in [0.717, 1.165) is 112 Å². The van der Waals surface area contributed by atoms with Crippen LogP contribution in [0.2, 0.25) is 5.02 Å². The fourth-order valence-corrected chi connectivity index (χ4v) is 15.5. The molecular formula is C61H82ClN7O5. The van der Waals surface area contributed by atoms with Gasteiger partial charge >= 0.3 is 0 Å². The zero-order valence-electron chi connectivity index (χ0n) is 45.1. The lowest BCUT2D eigenvalue weighted by Gasteiger charge is -2.63. The number of fused-ring (bicyclic) bond motifs is 1. The molecule has 0 radical (unpaired) electrons. The first-order valence-electron chi connectivity index (χ1n) is 28.2. The number of rotatable bonds is 13. The van der Waals surface area contributed by atoms with Crippen molar-refractivity contribution in [1.29, 1.82) is 5.26 Å². The number of likely N-dealkylation sites (tertiary alicyclic amines) is 1. The molecule has 7 aliphatic rings. The number of benzene rings is 3. The van der Waals surface area contributed by atoms with Crippen molar-refractivity contribution in [2.45, 2.75) is 167 Å². The van der Waals surface area contributed by atoms with Crippen LogP contribution in [0.15, 0.2) is 66.9 Å². The number of nitrogens with one attached hydrogen (secondary N) is 4. The van der Waals surface area contributed by atoms with E-state index in [1.165, 1.54) is 31.2 Å². The van der Waals surface area contributed by atoms with Gasteiger partial charge in [0.05, 0.1) is 22.1 Å². The van der Waals surface area contributed by atoms with Gasteiger partial charge < -0.3 is 30.1 Å². The fraction of sp³-hybridized carbons (Fsp3) is 0.623. The molecule has 3 saturated carbocycles. The molecule has 5 atom stereocenters. The summed E-state index contributed by atoms with van der Waals surface area (Å²) in [5.41, 5.74) is 2.18. The summed E-state index contributed by atoms with van der Waals surface area (Å²) in [5, 5.41) is 36.2. The molecule has 2 amide bonds. The van der Waals surface area contributed by atoms with E-state index in [2.05, 4.69) is 84.2 Å². The summed E-state index contributed by atoms with van der Waals surface area (Å²) >= 11 is 6.38. The molecule has 3 aliphatic carbocycles. The number of nitriles is 1. The number of carbonyl (C=O) groups excluding carboxylic acids is 2. The van der Waals surface area contributed by atoms with Crippen molar-refractivity contribution in [2.75, 3.05) is 33.2 Å². The van der Waals surface area contributed by atoms with Crippen LogP contribution in [-0.4, -0.2) is 90.0 Å². The summed E-state index contributed by atoms with van der Waals surface area (Å²) in [6, 6.07) is 21.9. The maximum atomic E-state index is 14.6. The molecule has 74 heavy (non-hydrogen) atoms. The van der Waals surface area contributed by atoms with Crippen LogP contribution in [0.3, 0.4) is 0 Å². The Morgan fingerprint density at radius 2 is 1.62 bits per heavy atom. The Morgan fingerprint density at radius 3 is 2.31 bits per heavy atom. The molecule has 3 saturated heterocycles. The van der Waals surface area contributed by atoms with Gasteiger partial charge in [-0.3, -0.25) is 25.1 Å². The standard InChI is InChI=1S/C61H82ClN7O5/c1-58(2)54(59(3,4)55(58)74-45-23-21-41(35-63)50(62)34-45)67-53(70)47-36-64-57(66-52(47)40-16-10-8-9-11-17-40)69-29-26-38(27-30-69)31-39-15-14-20-44(32-39)73-51-24-22-43(60(5,6)72)33-46(51)48-37-68(7)56(71)61(42-18-12-13-19-42)49(48)25-28-65-61/h14-15,20-24,32-34,37-38,40,42,47,49,52,54-55,57,64-66,72H,8-13,16-19,25-31,36H2,1-7H3,(H,67,70). The molecule has 0 aromatic heterocycles. The smallest absolute Gasteiger partial charge is 0.247 e. The average molecular weight is 1030 g/mol. The summed E-state index contributed by atoms with van der Waals surface area (Å²) in [6.07, 6.45) is 17.5. The van der Waals surface area contributed by atoms with Crippen molar-refractivity contribution in [3.8, 4) is 23.3 Å². The van der Waals surface area contributed by atoms with E-state index in [4.69, 9.17) is 21.1 Å². The van der Waals surface area contributed by atoms with Gasteiger partial charge in [0.1, 0.15) is 41.3 Å². The first kappa shape index (κ1) is 52.9. The molecular weight excluding hydrogens is 946 g/mol. The van der Waals surface area contributed by atoms with E-state index < -0.39 is 11.1 Å². The van der Waals surface area contributed by atoms with Gasteiger partial charge in [-0.05, 0) is 143 Å². The summed E-state index contributed by atoms with van der Waals surface area (Å²) in [5.74, 6) is 3.51. The summed E-state index contributed by atoms with van der Waals surface area (Å²) in [4.78, 5) is 33.2. The second-order valence-corrected chi connectivity index (χ2v) is 25.4. The fourth-order valence-electron chi connectivity index (χ4n) is 15.3. The molecule has 0 bridgehead atoms. The Hall–Kier alpha value is -4.48.